The molecular weight excluding hydrogens is 342 g/mol. The maximum Gasteiger partial charge on any atom is 0.328 e. The van der Waals surface area contributed by atoms with Gasteiger partial charge in [0.25, 0.3) is 0 Å². The van der Waals surface area contributed by atoms with Crippen molar-refractivity contribution in [1.82, 2.24) is 4.90 Å². The maximum atomic E-state index is 10.6. The molecule has 5 heteroatoms. The van der Waals surface area contributed by atoms with Crippen LogP contribution in [0, 0.1) is 0 Å². The molecule has 27 heavy (non-hydrogen) atoms. The Morgan fingerprint density at radius 3 is 2.33 bits per heavy atom. The molecule has 1 rings (SSSR count). The van der Waals surface area contributed by atoms with E-state index in [4.69, 9.17) is 14.6 Å². The van der Waals surface area contributed by atoms with Gasteiger partial charge in [0.05, 0.1) is 13.7 Å². The molecule has 0 fully saturated rings. The number of carbonyl (C=O) groups is 1. The smallest absolute Gasteiger partial charge is 0.328 e. The Morgan fingerprint density at radius 2 is 1.70 bits per heavy atom. The van der Waals surface area contributed by atoms with E-state index in [-0.39, 0.29) is 0 Å². The molecule has 0 bridgehead atoms. The van der Waals surface area contributed by atoms with Crippen molar-refractivity contribution in [3.8, 4) is 11.5 Å². The summed E-state index contributed by atoms with van der Waals surface area (Å²) in [6.07, 6.45) is 9.97. The predicted octanol–water partition coefficient (Wildman–Crippen LogP) is 4.85. The standard InChI is InChI=1S/C22H35NO4/c1-4-23(5-2)16-10-8-6-7-9-11-17-27-20-14-12-19(13-15-22(24)25)18-21(20)26-3/h12-15,18H,4-11,16-17H2,1-3H3,(H,24,25)/b15-13+. The summed E-state index contributed by atoms with van der Waals surface area (Å²) in [4.78, 5) is 13.1. The number of benzene rings is 1. The quantitative estimate of drug-likeness (QED) is 0.350. The van der Waals surface area contributed by atoms with Gasteiger partial charge in [-0.3, -0.25) is 0 Å². The summed E-state index contributed by atoms with van der Waals surface area (Å²) in [5.41, 5.74) is 0.770. The Bertz CT molecular complexity index is 567. The number of rotatable bonds is 15. The van der Waals surface area contributed by atoms with Gasteiger partial charge < -0.3 is 19.5 Å². The van der Waals surface area contributed by atoms with Crippen molar-refractivity contribution in [2.24, 2.45) is 0 Å². The second-order valence-electron chi connectivity index (χ2n) is 6.58. The van der Waals surface area contributed by atoms with Crippen molar-refractivity contribution in [3.63, 3.8) is 0 Å². The molecular formula is C22H35NO4. The Hall–Kier alpha value is -2.01. The highest BCUT2D eigenvalue weighted by molar-refractivity contribution is 5.85. The zero-order chi connectivity index (χ0) is 19.9. The maximum absolute atomic E-state index is 10.6. The second kappa shape index (κ2) is 14.1. The fourth-order valence-electron chi connectivity index (χ4n) is 2.94. The first kappa shape index (κ1) is 23.0. The lowest BCUT2D eigenvalue weighted by Gasteiger charge is -2.17. The summed E-state index contributed by atoms with van der Waals surface area (Å²) in [6, 6.07) is 5.44. The van der Waals surface area contributed by atoms with Gasteiger partial charge in [-0.2, -0.15) is 0 Å². The summed E-state index contributed by atoms with van der Waals surface area (Å²) >= 11 is 0. The summed E-state index contributed by atoms with van der Waals surface area (Å²) < 4.78 is 11.2. The Morgan fingerprint density at radius 1 is 1.04 bits per heavy atom. The molecule has 0 aliphatic carbocycles. The molecule has 0 saturated heterocycles. The van der Waals surface area contributed by atoms with E-state index in [1.807, 2.05) is 12.1 Å². The molecule has 0 radical (unpaired) electrons. The third-order valence-corrected chi connectivity index (χ3v) is 4.63. The summed E-state index contributed by atoms with van der Waals surface area (Å²) in [6.45, 7) is 8.62. The SMILES string of the molecule is CCN(CC)CCCCCCCCOc1ccc(/C=C/C(=O)O)cc1OC. The van der Waals surface area contributed by atoms with Gasteiger partial charge in [0.15, 0.2) is 11.5 Å². The first-order chi connectivity index (χ1) is 13.1. The average molecular weight is 378 g/mol. The van der Waals surface area contributed by atoms with Gasteiger partial charge in [-0.05, 0) is 56.2 Å². The van der Waals surface area contributed by atoms with E-state index < -0.39 is 5.97 Å². The van der Waals surface area contributed by atoms with Crippen LogP contribution in [-0.4, -0.2) is 49.3 Å². The number of hydrogen-bond donors (Lipinski definition) is 1. The minimum absolute atomic E-state index is 0.624. The number of ether oxygens (including phenoxy) is 2. The molecule has 0 saturated carbocycles. The van der Waals surface area contributed by atoms with Crippen molar-refractivity contribution in [2.45, 2.75) is 52.4 Å². The fourth-order valence-corrected chi connectivity index (χ4v) is 2.94. The van der Waals surface area contributed by atoms with Crippen molar-refractivity contribution < 1.29 is 19.4 Å². The van der Waals surface area contributed by atoms with E-state index in [9.17, 15) is 4.79 Å². The number of methoxy groups -OCH3 is 1. The van der Waals surface area contributed by atoms with E-state index in [1.54, 1.807) is 13.2 Å². The van der Waals surface area contributed by atoms with E-state index in [0.717, 1.165) is 31.1 Å². The van der Waals surface area contributed by atoms with Crippen LogP contribution in [0.3, 0.4) is 0 Å². The summed E-state index contributed by atoms with van der Waals surface area (Å²) in [5.74, 6) is 0.352. The van der Waals surface area contributed by atoms with Crippen LogP contribution in [0.15, 0.2) is 24.3 Å². The topological polar surface area (TPSA) is 59.0 Å². The molecule has 0 heterocycles. The predicted molar refractivity (Wildman–Crippen MR) is 111 cm³/mol. The number of hydrogen-bond acceptors (Lipinski definition) is 4. The molecule has 5 nitrogen and oxygen atoms in total. The molecule has 0 aromatic heterocycles. The van der Waals surface area contributed by atoms with Gasteiger partial charge in [-0.1, -0.05) is 45.6 Å². The number of unbranched alkanes of at least 4 members (excludes halogenated alkanes) is 5. The molecule has 0 aliphatic heterocycles. The molecule has 0 unspecified atom stereocenters. The monoisotopic (exact) mass is 377 g/mol. The Kier molecular flexibility index (Phi) is 12.0. The van der Waals surface area contributed by atoms with Crippen molar-refractivity contribution in [1.29, 1.82) is 0 Å². The van der Waals surface area contributed by atoms with Crippen LogP contribution in [0.2, 0.25) is 0 Å². The van der Waals surface area contributed by atoms with Gasteiger partial charge in [0.2, 0.25) is 0 Å². The number of aliphatic carboxylic acids is 1. The highest BCUT2D eigenvalue weighted by atomic mass is 16.5. The molecule has 0 spiro atoms. The molecule has 0 aliphatic rings. The molecule has 152 valence electrons. The average Bonchev–Trinajstić information content (AvgIpc) is 2.68. The Balaban J connectivity index is 2.21. The van der Waals surface area contributed by atoms with Crippen LogP contribution in [0.5, 0.6) is 11.5 Å². The largest absolute Gasteiger partial charge is 0.493 e. The number of carboxylic acid groups (broad SMARTS) is 1. The normalized spacial score (nSPS) is 11.3. The molecule has 1 N–H and O–H groups in total. The third kappa shape index (κ3) is 10.0. The molecule has 1 aromatic rings. The fraction of sp³-hybridized carbons (Fsp3) is 0.591. The first-order valence-electron chi connectivity index (χ1n) is 10.0. The van der Waals surface area contributed by atoms with Crippen molar-refractivity contribution in [3.05, 3.63) is 29.8 Å². The lowest BCUT2D eigenvalue weighted by molar-refractivity contribution is -0.131. The van der Waals surface area contributed by atoms with Crippen LogP contribution in [0.1, 0.15) is 57.9 Å². The molecule has 0 amide bonds. The van der Waals surface area contributed by atoms with Gasteiger partial charge in [0.1, 0.15) is 0 Å². The van der Waals surface area contributed by atoms with E-state index >= 15 is 0 Å². The summed E-state index contributed by atoms with van der Waals surface area (Å²) in [5, 5.41) is 8.69. The van der Waals surface area contributed by atoms with E-state index in [1.165, 1.54) is 44.7 Å². The third-order valence-electron chi connectivity index (χ3n) is 4.63. The van der Waals surface area contributed by atoms with Crippen LogP contribution in [-0.2, 0) is 4.79 Å². The molecule has 1 aromatic carbocycles. The van der Waals surface area contributed by atoms with Crippen LogP contribution < -0.4 is 9.47 Å². The van der Waals surface area contributed by atoms with Crippen molar-refractivity contribution >= 4 is 12.0 Å². The van der Waals surface area contributed by atoms with Gasteiger partial charge in [0, 0.05) is 6.08 Å². The van der Waals surface area contributed by atoms with Crippen LogP contribution in [0.4, 0.5) is 0 Å². The minimum atomic E-state index is -0.970. The number of carboxylic acids is 1. The van der Waals surface area contributed by atoms with Gasteiger partial charge in [-0.25, -0.2) is 4.79 Å². The number of nitrogens with zero attached hydrogens (tertiary/aromatic N) is 1. The zero-order valence-corrected chi connectivity index (χ0v) is 17.1. The van der Waals surface area contributed by atoms with E-state index in [0.29, 0.717) is 18.1 Å². The lowest BCUT2D eigenvalue weighted by atomic mass is 10.1. The molecule has 0 atom stereocenters. The highest BCUT2D eigenvalue weighted by Crippen LogP contribution is 2.28. The first-order valence-corrected chi connectivity index (χ1v) is 10.0. The lowest BCUT2D eigenvalue weighted by Crippen LogP contribution is -2.23. The van der Waals surface area contributed by atoms with Crippen LogP contribution in [0.25, 0.3) is 6.08 Å². The van der Waals surface area contributed by atoms with E-state index in [2.05, 4.69) is 18.7 Å². The van der Waals surface area contributed by atoms with Gasteiger partial charge in [-0.15, -0.1) is 0 Å². The Labute approximate surface area is 164 Å². The highest BCUT2D eigenvalue weighted by Gasteiger charge is 2.05. The minimum Gasteiger partial charge on any atom is -0.493 e. The van der Waals surface area contributed by atoms with Crippen LogP contribution >= 0.6 is 0 Å². The zero-order valence-electron chi connectivity index (χ0n) is 17.1. The second-order valence-corrected chi connectivity index (χ2v) is 6.58. The van der Waals surface area contributed by atoms with Gasteiger partial charge >= 0.3 is 5.97 Å². The summed E-state index contributed by atoms with van der Waals surface area (Å²) in [7, 11) is 1.59. The van der Waals surface area contributed by atoms with Crippen molar-refractivity contribution in [2.75, 3.05) is 33.4 Å².